The second-order valence-corrected chi connectivity index (χ2v) is 14.3. The zero-order valence-electron chi connectivity index (χ0n) is 29.6. The Kier molecular flexibility index (Phi) is 7.33. The molecular formula is C52H37N. The lowest BCUT2D eigenvalue weighted by molar-refractivity contribution is 0.714. The summed E-state index contributed by atoms with van der Waals surface area (Å²) in [5.41, 5.74) is 14.7. The van der Waals surface area contributed by atoms with E-state index >= 15 is 0 Å². The average Bonchev–Trinajstić information content (AvgIpc) is 3.50. The Bertz CT molecular complexity index is 2790. The third-order valence-corrected chi connectivity index (χ3v) is 11.3. The SMILES string of the molecule is CC1(c2ccccc2)c2ccccc2-c2c(-c3cccc(N(c4ccc(-c5ccc6ccccc6c5)cc4)c4cccc5ccccc45)c3)cccc21. The fraction of sp³-hybridized carbons (Fsp3) is 0.0385. The first kappa shape index (κ1) is 31.1. The molecule has 0 aliphatic heterocycles. The molecule has 0 amide bonds. The van der Waals surface area contributed by atoms with Gasteiger partial charge in [-0.25, -0.2) is 0 Å². The number of fused-ring (bicyclic) bond motifs is 5. The van der Waals surface area contributed by atoms with E-state index in [4.69, 9.17) is 0 Å². The van der Waals surface area contributed by atoms with Crippen LogP contribution in [0.15, 0.2) is 206 Å². The van der Waals surface area contributed by atoms with Crippen molar-refractivity contribution in [3.05, 3.63) is 223 Å². The van der Waals surface area contributed by atoms with Crippen molar-refractivity contribution in [3.8, 4) is 33.4 Å². The summed E-state index contributed by atoms with van der Waals surface area (Å²) < 4.78 is 0. The molecule has 0 heterocycles. The first-order valence-electron chi connectivity index (χ1n) is 18.4. The van der Waals surface area contributed by atoms with Crippen molar-refractivity contribution in [1.82, 2.24) is 0 Å². The minimum atomic E-state index is -0.247. The standard InChI is InChI=1S/C52H37N/c1-52(42-19-3-2-4-20-42)48-25-10-9-23-47(48)51-46(24-13-26-49(51)52)41-18-11-21-44(35-41)53(50-27-12-17-38-15-7-8-22-45(38)50)43-32-30-37(31-33-43)40-29-28-36-14-5-6-16-39(36)34-40/h2-35H,1H3. The number of hydrogen-bond acceptors (Lipinski definition) is 1. The molecule has 53 heavy (non-hydrogen) atoms. The molecule has 1 atom stereocenters. The molecule has 0 bridgehead atoms. The van der Waals surface area contributed by atoms with Crippen LogP contribution in [0, 0.1) is 0 Å². The molecule has 10 rings (SSSR count). The highest BCUT2D eigenvalue weighted by Crippen LogP contribution is 2.55. The van der Waals surface area contributed by atoms with Crippen molar-refractivity contribution in [2.45, 2.75) is 12.3 Å². The lowest BCUT2D eigenvalue weighted by Crippen LogP contribution is -2.22. The third kappa shape index (κ3) is 5.08. The number of nitrogens with zero attached hydrogens (tertiary/aromatic N) is 1. The summed E-state index contributed by atoms with van der Waals surface area (Å²) >= 11 is 0. The molecule has 0 saturated carbocycles. The van der Waals surface area contributed by atoms with E-state index < -0.39 is 0 Å². The first-order chi connectivity index (χ1) is 26.2. The molecule has 9 aromatic rings. The normalized spacial score (nSPS) is 14.6. The van der Waals surface area contributed by atoms with E-state index in [1.807, 2.05) is 0 Å². The highest BCUT2D eigenvalue weighted by atomic mass is 15.1. The topological polar surface area (TPSA) is 3.24 Å². The molecule has 0 spiro atoms. The van der Waals surface area contributed by atoms with Crippen LogP contribution < -0.4 is 4.90 Å². The maximum absolute atomic E-state index is 2.42. The number of anilines is 3. The Morgan fingerprint density at radius 2 is 1.02 bits per heavy atom. The van der Waals surface area contributed by atoms with Gasteiger partial charge in [0.2, 0.25) is 0 Å². The van der Waals surface area contributed by atoms with Gasteiger partial charge in [-0.3, -0.25) is 0 Å². The molecule has 9 aromatic carbocycles. The summed E-state index contributed by atoms with van der Waals surface area (Å²) in [6.07, 6.45) is 0. The Labute approximate surface area is 311 Å². The minimum absolute atomic E-state index is 0.247. The van der Waals surface area contributed by atoms with E-state index in [9.17, 15) is 0 Å². The molecular weight excluding hydrogens is 639 g/mol. The lowest BCUT2D eigenvalue weighted by Gasteiger charge is -2.28. The van der Waals surface area contributed by atoms with Gasteiger partial charge < -0.3 is 4.90 Å². The Morgan fingerprint density at radius 1 is 0.377 bits per heavy atom. The molecule has 1 heteroatoms. The molecule has 0 aromatic heterocycles. The summed E-state index contributed by atoms with van der Waals surface area (Å²) in [6, 6.07) is 75.5. The lowest BCUT2D eigenvalue weighted by atomic mass is 9.74. The van der Waals surface area contributed by atoms with Crippen LogP contribution in [0.5, 0.6) is 0 Å². The maximum Gasteiger partial charge on any atom is 0.0540 e. The molecule has 1 aliphatic rings. The highest BCUT2D eigenvalue weighted by Gasteiger charge is 2.41. The van der Waals surface area contributed by atoms with Crippen LogP contribution in [0.3, 0.4) is 0 Å². The van der Waals surface area contributed by atoms with Crippen LogP contribution >= 0.6 is 0 Å². The van der Waals surface area contributed by atoms with Gasteiger partial charge >= 0.3 is 0 Å². The van der Waals surface area contributed by atoms with Crippen LogP contribution in [0.1, 0.15) is 23.6 Å². The zero-order chi connectivity index (χ0) is 35.4. The number of rotatable bonds is 6. The molecule has 0 fully saturated rings. The number of hydrogen-bond donors (Lipinski definition) is 0. The largest absolute Gasteiger partial charge is 0.310 e. The Morgan fingerprint density at radius 3 is 1.89 bits per heavy atom. The molecule has 250 valence electrons. The van der Waals surface area contributed by atoms with Gasteiger partial charge in [0.1, 0.15) is 0 Å². The van der Waals surface area contributed by atoms with Crippen molar-refractivity contribution < 1.29 is 0 Å². The molecule has 1 nitrogen and oxygen atoms in total. The molecule has 0 radical (unpaired) electrons. The van der Waals surface area contributed by atoms with Gasteiger partial charge in [0, 0.05) is 22.2 Å². The maximum atomic E-state index is 2.42. The van der Waals surface area contributed by atoms with E-state index in [-0.39, 0.29) is 5.41 Å². The van der Waals surface area contributed by atoms with E-state index in [1.165, 1.54) is 71.6 Å². The van der Waals surface area contributed by atoms with E-state index in [2.05, 4.69) is 218 Å². The second-order valence-electron chi connectivity index (χ2n) is 14.3. The van der Waals surface area contributed by atoms with Crippen LogP contribution in [-0.4, -0.2) is 0 Å². The third-order valence-electron chi connectivity index (χ3n) is 11.3. The molecule has 1 unspecified atom stereocenters. The fourth-order valence-corrected chi connectivity index (χ4v) is 8.68. The Hall–Kier alpha value is -6.70. The summed E-state index contributed by atoms with van der Waals surface area (Å²) in [7, 11) is 0. The summed E-state index contributed by atoms with van der Waals surface area (Å²) in [5, 5.41) is 4.94. The van der Waals surface area contributed by atoms with Gasteiger partial charge in [-0.15, -0.1) is 0 Å². The van der Waals surface area contributed by atoms with Gasteiger partial charge in [-0.1, -0.05) is 170 Å². The van der Waals surface area contributed by atoms with Gasteiger partial charge in [0.25, 0.3) is 0 Å². The van der Waals surface area contributed by atoms with Crippen LogP contribution in [-0.2, 0) is 5.41 Å². The summed E-state index contributed by atoms with van der Waals surface area (Å²) in [4.78, 5) is 2.42. The molecule has 1 aliphatic carbocycles. The van der Waals surface area contributed by atoms with Crippen LogP contribution in [0.4, 0.5) is 17.1 Å². The smallest absolute Gasteiger partial charge is 0.0540 e. The summed E-state index contributed by atoms with van der Waals surface area (Å²) in [6.45, 7) is 2.39. The first-order valence-corrected chi connectivity index (χ1v) is 18.4. The van der Waals surface area contributed by atoms with E-state index in [0.29, 0.717) is 0 Å². The van der Waals surface area contributed by atoms with Crippen molar-refractivity contribution in [2.24, 2.45) is 0 Å². The second kappa shape index (κ2) is 12.5. The van der Waals surface area contributed by atoms with Gasteiger partial charge in [0.05, 0.1) is 5.69 Å². The van der Waals surface area contributed by atoms with Crippen molar-refractivity contribution >= 4 is 38.6 Å². The van der Waals surface area contributed by atoms with E-state index in [0.717, 1.165) is 17.1 Å². The van der Waals surface area contributed by atoms with Gasteiger partial charge in [-0.05, 0) is 110 Å². The molecule has 0 saturated heterocycles. The predicted molar refractivity (Wildman–Crippen MR) is 224 cm³/mol. The van der Waals surface area contributed by atoms with Gasteiger partial charge in [-0.2, -0.15) is 0 Å². The summed E-state index contributed by atoms with van der Waals surface area (Å²) in [5.74, 6) is 0. The number of benzene rings is 9. The highest BCUT2D eigenvalue weighted by molar-refractivity contribution is 6.00. The van der Waals surface area contributed by atoms with E-state index in [1.54, 1.807) is 0 Å². The van der Waals surface area contributed by atoms with Gasteiger partial charge in [0.15, 0.2) is 0 Å². The van der Waals surface area contributed by atoms with Crippen molar-refractivity contribution in [3.63, 3.8) is 0 Å². The molecule has 0 N–H and O–H groups in total. The quantitative estimate of drug-likeness (QED) is 0.170. The van der Waals surface area contributed by atoms with Crippen LogP contribution in [0.25, 0.3) is 54.9 Å². The van der Waals surface area contributed by atoms with Crippen molar-refractivity contribution in [1.29, 1.82) is 0 Å². The Balaban J connectivity index is 1.13. The monoisotopic (exact) mass is 675 g/mol. The predicted octanol–water partition coefficient (Wildman–Crippen LogP) is 14.1. The average molecular weight is 676 g/mol. The fourth-order valence-electron chi connectivity index (χ4n) is 8.68. The van der Waals surface area contributed by atoms with Crippen molar-refractivity contribution in [2.75, 3.05) is 4.90 Å². The minimum Gasteiger partial charge on any atom is -0.310 e. The van der Waals surface area contributed by atoms with Crippen LogP contribution in [0.2, 0.25) is 0 Å². The zero-order valence-corrected chi connectivity index (χ0v) is 29.6.